The lowest BCUT2D eigenvalue weighted by Gasteiger charge is -2.45. The van der Waals surface area contributed by atoms with Crippen LogP contribution in [0.3, 0.4) is 0 Å². The Kier molecular flexibility index (Phi) is 8.25. The highest BCUT2D eigenvalue weighted by atomic mass is 16.4. The lowest BCUT2D eigenvalue weighted by Crippen LogP contribution is -2.64. The van der Waals surface area contributed by atoms with Gasteiger partial charge in [0, 0.05) is 16.8 Å². The van der Waals surface area contributed by atoms with Gasteiger partial charge in [0.25, 0.3) is 5.91 Å². The molecule has 0 radical (unpaired) electrons. The van der Waals surface area contributed by atoms with Gasteiger partial charge in [0.1, 0.15) is 0 Å². The largest absolute Gasteiger partial charge is 0.478 e. The van der Waals surface area contributed by atoms with Crippen LogP contribution in [0, 0.1) is 5.92 Å². The van der Waals surface area contributed by atoms with Crippen molar-refractivity contribution in [3.63, 3.8) is 0 Å². The predicted molar refractivity (Wildman–Crippen MR) is 168 cm³/mol. The van der Waals surface area contributed by atoms with E-state index in [1.807, 2.05) is 44.2 Å². The van der Waals surface area contributed by atoms with Crippen LogP contribution in [0.15, 0.2) is 114 Å². The van der Waals surface area contributed by atoms with E-state index >= 15 is 0 Å². The summed E-state index contributed by atoms with van der Waals surface area (Å²) < 4.78 is 0. The van der Waals surface area contributed by atoms with Crippen molar-refractivity contribution >= 4 is 40.9 Å². The van der Waals surface area contributed by atoms with Crippen molar-refractivity contribution in [1.82, 2.24) is 5.32 Å². The Bertz CT molecular complexity index is 1760. The number of rotatable bonds is 8. The van der Waals surface area contributed by atoms with Crippen molar-refractivity contribution in [2.45, 2.75) is 25.6 Å². The molecule has 1 aliphatic heterocycles. The van der Waals surface area contributed by atoms with E-state index in [0.717, 1.165) is 0 Å². The third-order valence-electron chi connectivity index (χ3n) is 7.57. The third-order valence-corrected chi connectivity index (χ3v) is 7.57. The van der Waals surface area contributed by atoms with Gasteiger partial charge in [0.15, 0.2) is 5.54 Å². The third kappa shape index (κ3) is 5.40. The summed E-state index contributed by atoms with van der Waals surface area (Å²) in [5.41, 5.74) is 7.31. The van der Waals surface area contributed by atoms with Crippen molar-refractivity contribution in [1.29, 1.82) is 0 Å². The number of primary amides is 1. The zero-order chi connectivity index (χ0) is 31.4. The number of nitrogens with zero attached hydrogens (tertiary/aromatic N) is 2. The van der Waals surface area contributed by atoms with Crippen molar-refractivity contribution in [2.75, 3.05) is 10.2 Å². The molecule has 222 valence electrons. The molecule has 0 saturated heterocycles. The van der Waals surface area contributed by atoms with Crippen LogP contribution in [-0.4, -0.2) is 40.8 Å². The van der Waals surface area contributed by atoms with Crippen LogP contribution in [0.4, 0.5) is 16.2 Å². The number of benzodiazepines with no additional fused rings is 1. The average molecular weight is 590 g/mol. The Morgan fingerprint density at radius 2 is 1.52 bits per heavy atom. The smallest absolute Gasteiger partial charge is 0.335 e. The van der Waals surface area contributed by atoms with Gasteiger partial charge in [-0.25, -0.2) is 14.6 Å². The highest BCUT2D eigenvalue weighted by molar-refractivity contribution is 6.21. The Morgan fingerprint density at radius 1 is 0.886 bits per heavy atom. The summed E-state index contributed by atoms with van der Waals surface area (Å²) in [4.78, 5) is 59.3. The monoisotopic (exact) mass is 589 g/mol. The van der Waals surface area contributed by atoms with E-state index in [2.05, 4.69) is 10.6 Å². The summed E-state index contributed by atoms with van der Waals surface area (Å²) in [6.07, 6.45) is -1.50. The second-order valence-electron chi connectivity index (χ2n) is 10.6. The normalized spacial score (nSPS) is 15.8. The number of carbonyl (C=O) groups is 4. The molecule has 5 rings (SSSR count). The first-order valence-corrected chi connectivity index (χ1v) is 14.0. The summed E-state index contributed by atoms with van der Waals surface area (Å²) in [6.45, 7) is 3.62. The number of carboxylic acids is 1. The van der Waals surface area contributed by atoms with Crippen molar-refractivity contribution in [3.05, 3.63) is 131 Å². The number of nitrogens with one attached hydrogen (secondary N) is 2. The van der Waals surface area contributed by atoms with Crippen LogP contribution in [-0.2, 0) is 15.1 Å². The molecule has 10 nitrogen and oxygen atoms in total. The minimum Gasteiger partial charge on any atom is -0.478 e. The van der Waals surface area contributed by atoms with Gasteiger partial charge in [-0.2, -0.15) is 0 Å². The van der Waals surface area contributed by atoms with E-state index in [1.54, 1.807) is 54.6 Å². The second kappa shape index (κ2) is 12.2. The number of benzene rings is 4. The molecule has 0 bridgehead atoms. The molecule has 1 unspecified atom stereocenters. The van der Waals surface area contributed by atoms with E-state index in [0.29, 0.717) is 28.1 Å². The highest BCUT2D eigenvalue weighted by Crippen LogP contribution is 2.43. The molecule has 4 aromatic carbocycles. The number of carboxylic acid groups (broad SMARTS) is 1. The SMILES string of the molecule is CC(C)C(C(N)=O)(c1ccccc1)N1C(=O)[C@@H](NC(=O)Nc2cccc(C(=O)O)c2)N=C(c2ccccc2)c2ccccc21. The van der Waals surface area contributed by atoms with Gasteiger partial charge >= 0.3 is 12.0 Å². The van der Waals surface area contributed by atoms with Crippen molar-refractivity contribution in [2.24, 2.45) is 16.6 Å². The number of carbonyl (C=O) groups excluding carboxylic acids is 3. The summed E-state index contributed by atoms with van der Waals surface area (Å²) in [6, 6.07) is 30.0. The molecule has 44 heavy (non-hydrogen) atoms. The summed E-state index contributed by atoms with van der Waals surface area (Å²) in [5, 5.41) is 14.6. The van der Waals surface area contributed by atoms with Crippen LogP contribution in [0.2, 0.25) is 0 Å². The maximum Gasteiger partial charge on any atom is 0.335 e. The van der Waals surface area contributed by atoms with E-state index in [-0.39, 0.29) is 11.3 Å². The van der Waals surface area contributed by atoms with Gasteiger partial charge in [-0.1, -0.05) is 98.8 Å². The summed E-state index contributed by atoms with van der Waals surface area (Å²) >= 11 is 0. The molecule has 1 heterocycles. The molecule has 1 aliphatic rings. The molecular weight excluding hydrogens is 558 g/mol. The molecule has 10 heteroatoms. The van der Waals surface area contributed by atoms with Gasteiger partial charge in [0.2, 0.25) is 12.1 Å². The van der Waals surface area contributed by atoms with Gasteiger partial charge in [-0.05, 0) is 35.7 Å². The maximum absolute atomic E-state index is 14.7. The molecule has 0 saturated carbocycles. The first-order valence-electron chi connectivity index (χ1n) is 14.0. The Morgan fingerprint density at radius 3 is 2.16 bits per heavy atom. The number of fused-ring (bicyclic) bond motifs is 1. The fourth-order valence-electron chi connectivity index (χ4n) is 5.62. The molecule has 4 aromatic rings. The van der Waals surface area contributed by atoms with Crippen LogP contribution < -0.4 is 21.3 Å². The van der Waals surface area contributed by atoms with Crippen molar-refractivity contribution in [3.8, 4) is 0 Å². The zero-order valence-corrected chi connectivity index (χ0v) is 24.1. The minimum absolute atomic E-state index is 0.0228. The van der Waals surface area contributed by atoms with Crippen LogP contribution in [0.5, 0.6) is 0 Å². The molecule has 4 amide bonds. The number of hydrogen-bond acceptors (Lipinski definition) is 5. The topological polar surface area (TPSA) is 154 Å². The zero-order valence-electron chi connectivity index (χ0n) is 24.1. The predicted octanol–water partition coefficient (Wildman–Crippen LogP) is 4.75. The number of amides is 4. The number of aliphatic imine (C=N–C) groups is 1. The van der Waals surface area contributed by atoms with Gasteiger partial charge in [-0.15, -0.1) is 0 Å². The lowest BCUT2D eigenvalue weighted by molar-refractivity contribution is -0.131. The average Bonchev–Trinajstić information content (AvgIpc) is 3.13. The number of nitrogens with two attached hydrogens (primary N) is 1. The van der Waals surface area contributed by atoms with Crippen LogP contribution in [0.25, 0.3) is 0 Å². The highest BCUT2D eigenvalue weighted by Gasteiger charge is 2.53. The maximum atomic E-state index is 14.7. The second-order valence-corrected chi connectivity index (χ2v) is 10.6. The number of para-hydroxylation sites is 1. The molecule has 2 atom stereocenters. The summed E-state index contributed by atoms with van der Waals surface area (Å²) in [5.74, 6) is -3.10. The first kappa shape index (κ1) is 29.7. The molecule has 0 aromatic heterocycles. The standard InChI is InChI=1S/C34H31N5O5/c1-21(2)34(32(35)43,24-15-7-4-8-16-24)39-27-19-10-9-18-26(27)28(22-12-5-3-6-13-22)37-29(30(39)40)38-33(44)36-25-17-11-14-23(20-25)31(41)42/h3-21,29H,1-2H3,(H2,35,43)(H,41,42)(H2,36,38,44)/t29-,34?/m1/s1. The fourth-order valence-corrected chi connectivity index (χ4v) is 5.62. The van der Waals surface area contributed by atoms with Crippen molar-refractivity contribution < 1.29 is 24.3 Å². The Hall–Kier alpha value is -5.77. The summed E-state index contributed by atoms with van der Waals surface area (Å²) in [7, 11) is 0. The van der Waals surface area contributed by atoms with Gasteiger partial charge < -0.3 is 21.5 Å². The Labute approximate surface area is 254 Å². The molecule has 5 N–H and O–H groups in total. The Balaban J connectivity index is 1.69. The van der Waals surface area contributed by atoms with Gasteiger partial charge in [-0.3, -0.25) is 14.5 Å². The van der Waals surface area contributed by atoms with E-state index < -0.39 is 41.4 Å². The quantitative estimate of drug-likeness (QED) is 0.234. The molecule has 0 aliphatic carbocycles. The molecular formula is C34H31N5O5. The van der Waals surface area contributed by atoms with Gasteiger partial charge in [0.05, 0.1) is 17.0 Å². The minimum atomic E-state index is -1.66. The van der Waals surface area contributed by atoms with Crippen LogP contribution in [0.1, 0.15) is 40.9 Å². The number of hydrogen-bond donors (Lipinski definition) is 4. The number of anilines is 2. The van der Waals surface area contributed by atoms with E-state index in [1.165, 1.54) is 29.2 Å². The van der Waals surface area contributed by atoms with Crippen LogP contribution >= 0.6 is 0 Å². The van der Waals surface area contributed by atoms with E-state index in [4.69, 9.17) is 10.7 Å². The van der Waals surface area contributed by atoms with E-state index in [9.17, 15) is 24.3 Å². The molecule has 0 fully saturated rings. The number of urea groups is 1. The number of aromatic carboxylic acids is 1. The first-order chi connectivity index (χ1) is 21.1. The fraction of sp³-hybridized carbons (Fsp3) is 0.147. The lowest BCUT2D eigenvalue weighted by atomic mass is 9.76. The molecule has 0 spiro atoms.